The molecule has 1 amide bonds. The molecule has 0 saturated carbocycles. The van der Waals surface area contributed by atoms with Gasteiger partial charge in [0.2, 0.25) is 0 Å². The van der Waals surface area contributed by atoms with Crippen LogP contribution in [0.15, 0.2) is 48.5 Å². The van der Waals surface area contributed by atoms with Crippen LogP contribution < -0.4 is 15.4 Å². The lowest BCUT2D eigenvalue weighted by Gasteiger charge is -2.10. The number of rotatable bonds is 7. The first-order valence-electron chi connectivity index (χ1n) is 8.18. The molecule has 136 valence electrons. The topological polar surface area (TPSA) is 87.7 Å². The van der Waals surface area contributed by atoms with Gasteiger partial charge in [-0.3, -0.25) is 10.1 Å². The summed E-state index contributed by atoms with van der Waals surface area (Å²) in [5, 5.41) is 14.4. The maximum atomic E-state index is 12.2. The second-order valence-corrected chi connectivity index (χ2v) is 5.93. The van der Waals surface area contributed by atoms with E-state index >= 15 is 0 Å². The molecule has 0 aliphatic rings. The molecule has 0 radical (unpaired) electrons. The van der Waals surface area contributed by atoms with Crippen LogP contribution in [0.2, 0.25) is 0 Å². The van der Waals surface area contributed by atoms with Crippen LogP contribution in [-0.4, -0.2) is 28.7 Å². The Morgan fingerprint density at radius 1 is 1.12 bits per heavy atom. The molecule has 6 nitrogen and oxygen atoms in total. The highest BCUT2D eigenvalue weighted by Gasteiger charge is 2.09. The number of anilines is 1. The molecule has 0 aliphatic carbocycles. The van der Waals surface area contributed by atoms with Gasteiger partial charge < -0.3 is 15.2 Å². The monoisotopic (exact) mass is 372 g/mol. The summed E-state index contributed by atoms with van der Waals surface area (Å²) in [6.07, 6.45) is 2.03. The second-order valence-electron chi connectivity index (χ2n) is 5.52. The molecule has 0 saturated heterocycles. The highest BCUT2D eigenvalue weighted by atomic mass is 32.1. The molecule has 26 heavy (non-hydrogen) atoms. The van der Waals surface area contributed by atoms with Gasteiger partial charge in [0, 0.05) is 11.3 Å². The molecule has 3 N–H and O–H groups in total. The Morgan fingerprint density at radius 3 is 2.50 bits per heavy atom. The number of carboxylic acids is 1. The van der Waals surface area contributed by atoms with Crippen molar-refractivity contribution < 1.29 is 19.4 Å². The molecular weight excluding hydrogens is 352 g/mol. The Balaban J connectivity index is 1.91. The molecule has 0 unspecified atom stereocenters. The molecule has 0 bridgehead atoms. The Kier molecular flexibility index (Phi) is 7.11. The number of hydrogen-bond acceptors (Lipinski definition) is 4. The smallest absolute Gasteiger partial charge is 0.335 e. The highest BCUT2D eigenvalue weighted by Crippen LogP contribution is 2.13. The normalized spacial score (nSPS) is 10.0. The third-order valence-corrected chi connectivity index (χ3v) is 3.68. The van der Waals surface area contributed by atoms with Crippen LogP contribution in [0.5, 0.6) is 5.75 Å². The fraction of sp³-hybridized carbons (Fsp3) is 0.211. The molecule has 0 heterocycles. The molecule has 7 heteroatoms. The summed E-state index contributed by atoms with van der Waals surface area (Å²) in [6, 6.07) is 12.9. The third kappa shape index (κ3) is 5.86. The minimum Gasteiger partial charge on any atom is -0.494 e. The van der Waals surface area contributed by atoms with Gasteiger partial charge in [0.15, 0.2) is 5.11 Å². The van der Waals surface area contributed by atoms with Crippen molar-refractivity contribution in [2.45, 2.75) is 19.8 Å². The lowest BCUT2D eigenvalue weighted by atomic mass is 10.2. The SMILES string of the molecule is CCCCOc1ccc(C(=O)NC(=S)Nc2cccc(C(=O)O)c2)cc1. The molecule has 0 aliphatic heterocycles. The first-order chi connectivity index (χ1) is 12.5. The van der Waals surface area contributed by atoms with E-state index in [1.165, 1.54) is 12.1 Å². The average Bonchev–Trinajstić information content (AvgIpc) is 2.62. The number of ether oxygens (including phenoxy) is 1. The van der Waals surface area contributed by atoms with E-state index in [1.807, 2.05) is 0 Å². The molecule has 0 fully saturated rings. The zero-order valence-electron chi connectivity index (χ0n) is 14.3. The van der Waals surface area contributed by atoms with E-state index < -0.39 is 5.97 Å². The van der Waals surface area contributed by atoms with Crippen molar-refractivity contribution in [1.82, 2.24) is 5.32 Å². The standard InChI is InChI=1S/C19H20N2O4S/c1-2-3-11-25-16-9-7-13(8-10-16)17(22)21-19(26)20-15-6-4-5-14(12-15)18(23)24/h4-10,12H,2-3,11H2,1H3,(H,23,24)(H2,20,21,22,26). The van der Waals surface area contributed by atoms with Gasteiger partial charge in [-0.05, 0) is 61.1 Å². The molecular formula is C19H20N2O4S. The van der Waals surface area contributed by atoms with Crippen LogP contribution in [0.4, 0.5) is 5.69 Å². The third-order valence-electron chi connectivity index (χ3n) is 3.48. The number of hydrogen-bond donors (Lipinski definition) is 3. The van der Waals surface area contributed by atoms with E-state index in [0.29, 0.717) is 23.6 Å². The molecule has 0 aromatic heterocycles. The van der Waals surface area contributed by atoms with Crippen LogP contribution in [0.3, 0.4) is 0 Å². The minimum atomic E-state index is -1.04. The van der Waals surface area contributed by atoms with E-state index in [-0.39, 0.29) is 16.6 Å². The average molecular weight is 372 g/mol. The van der Waals surface area contributed by atoms with Crippen molar-refractivity contribution in [2.24, 2.45) is 0 Å². The zero-order chi connectivity index (χ0) is 18.9. The van der Waals surface area contributed by atoms with Crippen molar-refractivity contribution in [3.63, 3.8) is 0 Å². The zero-order valence-corrected chi connectivity index (χ0v) is 15.1. The Morgan fingerprint density at radius 2 is 1.85 bits per heavy atom. The highest BCUT2D eigenvalue weighted by molar-refractivity contribution is 7.80. The van der Waals surface area contributed by atoms with Gasteiger partial charge in [-0.25, -0.2) is 4.79 Å². The van der Waals surface area contributed by atoms with Crippen LogP contribution >= 0.6 is 12.2 Å². The van der Waals surface area contributed by atoms with Gasteiger partial charge in [0.25, 0.3) is 5.91 Å². The summed E-state index contributed by atoms with van der Waals surface area (Å²) in [5.74, 6) is -0.692. The van der Waals surface area contributed by atoms with Gasteiger partial charge >= 0.3 is 5.97 Å². The van der Waals surface area contributed by atoms with E-state index in [4.69, 9.17) is 22.1 Å². The lowest BCUT2D eigenvalue weighted by Crippen LogP contribution is -2.34. The van der Waals surface area contributed by atoms with Crippen LogP contribution in [0.25, 0.3) is 0 Å². The number of benzene rings is 2. The van der Waals surface area contributed by atoms with Crippen molar-refractivity contribution in [2.75, 3.05) is 11.9 Å². The van der Waals surface area contributed by atoms with E-state index in [0.717, 1.165) is 12.8 Å². The predicted molar refractivity (Wildman–Crippen MR) is 104 cm³/mol. The predicted octanol–water partition coefficient (Wildman–Crippen LogP) is 3.69. The van der Waals surface area contributed by atoms with Crippen LogP contribution in [0, 0.1) is 0 Å². The van der Waals surface area contributed by atoms with Crippen molar-refractivity contribution in [1.29, 1.82) is 0 Å². The Hall–Kier alpha value is -2.93. The van der Waals surface area contributed by atoms with Gasteiger partial charge in [-0.15, -0.1) is 0 Å². The molecule has 0 spiro atoms. The van der Waals surface area contributed by atoms with Crippen molar-refractivity contribution in [3.05, 3.63) is 59.7 Å². The number of aromatic carboxylic acids is 1. The molecule has 2 aromatic carbocycles. The summed E-state index contributed by atoms with van der Waals surface area (Å²) in [7, 11) is 0. The minimum absolute atomic E-state index is 0.0841. The van der Waals surface area contributed by atoms with Gasteiger partial charge in [-0.2, -0.15) is 0 Å². The first kappa shape index (κ1) is 19.4. The van der Waals surface area contributed by atoms with Gasteiger partial charge in [-0.1, -0.05) is 19.4 Å². The van der Waals surface area contributed by atoms with E-state index in [9.17, 15) is 9.59 Å². The number of carbonyl (C=O) groups is 2. The summed E-state index contributed by atoms with van der Waals surface area (Å²) in [5.41, 5.74) is 1.05. The van der Waals surface area contributed by atoms with Crippen LogP contribution in [0.1, 0.15) is 40.5 Å². The Bertz CT molecular complexity index is 790. The maximum absolute atomic E-state index is 12.2. The van der Waals surface area contributed by atoms with Crippen molar-refractivity contribution >= 4 is 34.9 Å². The number of amides is 1. The fourth-order valence-electron chi connectivity index (χ4n) is 2.10. The van der Waals surface area contributed by atoms with Gasteiger partial charge in [0.1, 0.15) is 5.75 Å². The van der Waals surface area contributed by atoms with Gasteiger partial charge in [0.05, 0.1) is 12.2 Å². The number of unbranched alkanes of at least 4 members (excludes halogenated alkanes) is 1. The number of nitrogens with one attached hydrogen (secondary N) is 2. The Labute approximate surface area is 157 Å². The van der Waals surface area contributed by atoms with Crippen molar-refractivity contribution in [3.8, 4) is 5.75 Å². The van der Waals surface area contributed by atoms with Crippen LogP contribution in [-0.2, 0) is 0 Å². The first-order valence-corrected chi connectivity index (χ1v) is 8.59. The summed E-state index contributed by atoms with van der Waals surface area (Å²) in [6.45, 7) is 2.73. The fourth-order valence-corrected chi connectivity index (χ4v) is 2.32. The second kappa shape index (κ2) is 9.53. The summed E-state index contributed by atoms with van der Waals surface area (Å²) in [4.78, 5) is 23.2. The summed E-state index contributed by atoms with van der Waals surface area (Å²) >= 11 is 5.10. The largest absolute Gasteiger partial charge is 0.494 e. The lowest BCUT2D eigenvalue weighted by molar-refractivity contribution is 0.0696. The molecule has 0 atom stereocenters. The summed E-state index contributed by atoms with van der Waals surface area (Å²) < 4.78 is 5.55. The van der Waals surface area contributed by atoms with E-state index in [2.05, 4.69) is 17.6 Å². The number of carbonyl (C=O) groups excluding carboxylic acids is 1. The number of carboxylic acid groups (broad SMARTS) is 1. The maximum Gasteiger partial charge on any atom is 0.335 e. The quantitative estimate of drug-likeness (QED) is 0.507. The molecule has 2 aromatic rings. The van der Waals surface area contributed by atoms with E-state index in [1.54, 1.807) is 36.4 Å². The number of thiocarbonyl (C=S) groups is 1. The molecule has 2 rings (SSSR count).